The maximum atomic E-state index is 12.8. The molecule has 2 aliphatic rings. The number of nitrogens with zero attached hydrogens (tertiary/aromatic N) is 2. The van der Waals surface area contributed by atoms with Gasteiger partial charge in [0.05, 0.1) is 5.92 Å². The number of amides is 1. The highest BCUT2D eigenvalue weighted by Crippen LogP contribution is 2.23. The summed E-state index contributed by atoms with van der Waals surface area (Å²) < 4.78 is 0. The Morgan fingerprint density at radius 1 is 0.966 bits per heavy atom. The van der Waals surface area contributed by atoms with E-state index in [1.807, 2.05) is 18.2 Å². The van der Waals surface area contributed by atoms with Crippen molar-refractivity contribution < 1.29 is 24.6 Å². The van der Waals surface area contributed by atoms with Gasteiger partial charge in [-0.1, -0.05) is 36.6 Å². The summed E-state index contributed by atoms with van der Waals surface area (Å²) >= 11 is 6.08. The van der Waals surface area contributed by atoms with E-state index in [1.54, 1.807) is 0 Å². The number of carboxylic acids is 2. The Kier molecular flexibility index (Phi) is 9.41. The molecule has 8 heteroatoms. The summed E-state index contributed by atoms with van der Waals surface area (Å²) in [5.74, 6) is -3.08. The maximum Gasteiger partial charge on any atom is 0.414 e. The van der Waals surface area contributed by atoms with Crippen LogP contribution >= 0.6 is 11.6 Å². The highest BCUT2D eigenvalue weighted by atomic mass is 35.5. The number of carboxylic acid groups (broad SMARTS) is 2. The maximum absolute atomic E-state index is 12.8. The summed E-state index contributed by atoms with van der Waals surface area (Å²) in [5, 5.41) is 15.6. The van der Waals surface area contributed by atoms with Crippen molar-refractivity contribution in [2.45, 2.75) is 45.1 Å². The molecule has 0 saturated carbocycles. The molecule has 3 rings (SSSR count). The van der Waals surface area contributed by atoms with Crippen LogP contribution in [0.2, 0.25) is 5.02 Å². The summed E-state index contributed by atoms with van der Waals surface area (Å²) in [6, 6.07) is 8.06. The molecule has 0 bridgehead atoms. The van der Waals surface area contributed by atoms with Crippen LogP contribution in [-0.2, 0) is 20.9 Å². The molecule has 2 fully saturated rings. The van der Waals surface area contributed by atoms with Gasteiger partial charge in [0.2, 0.25) is 5.91 Å². The second kappa shape index (κ2) is 11.8. The standard InChI is InChI=1S/C19H27ClN2O.C2H2O4/c20-18-9-5-7-16(13-18)14-21-10-6-8-17(15-21)19(23)22-11-3-1-2-4-12-22;3-1(4)2(5)6/h5,7,9,13,17H,1-4,6,8,10-12,14-15H2;(H,3,4)(H,5,6). The zero-order valence-corrected chi connectivity index (χ0v) is 17.3. The second-order valence-corrected chi connectivity index (χ2v) is 7.99. The van der Waals surface area contributed by atoms with Gasteiger partial charge in [-0.05, 0) is 49.9 Å². The number of likely N-dealkylation sites (tertiary alicyclic amines) is 2. The second-order valence-electron chi connectivity index (χ2n) is 7.55. The van der Waals surface area contributed by atoms with E-state index in [4.69, 9.17) is 31.4 Å². The summed E-state index contributed by atoms with van der Waals surface area (Å²) in [4.78, 5) is 35.6. The highest BCUT2D eigenvalue weighted by molar-refractivity contribution is 6.30. The largest absolute Gasteiger partial charge is 0.473 e. The molecule has 2 saturated heterocycles. The molecule has 1 atom stereocenters. The quantitative estimate of drug-likeness (QED) is 0.723. The van der Waals surface area contributed by atoms with E-state index in [2.05, 4.69) is 15.9 Å². The zero-order chi connectivity index (χ0) is 21.2. The molecule has 29 heavy (non-hydrogen) atoms. The Bertz CT molecular complexity index is 692. The van der Waals surface area contributed by atoms with E-state index in [0.717, 1.165) is 50.6 Å². The van der Waals surface area contributed by atoms with Crippen molar-refractivity contribution >= 4 is 29.4 Å². The van der Waals surface area contributed by atoms with Gasteiger partial charge in [-0.2, -0.15) is 0 Å². The minimum absolute atomic E-state index is 0.182. The number of carbonyl (C=O) groups excluding carboxylic acids is 1. The molecule has 2 heterocycles. The van der Waals surface area contributed by atoms with Crippen molar-refractivity contribution in [2.24, 2.45) is 5.92 Å². The number of piperidine rings is 1. The number of rotatable bonds is 3. The molecular weight excluding hydrogens is 396 g/mol. The number of benzene rings is 1. The number of aliphatic carboxylic acids is 2. The van der Waals surface area contributed by atoms with Crippen LogP contribution in [0.15, 0.2) is 24.3 Å². The number of carbonyl (C=O) groups is 3. The van der Waals surface area contributed by atoms with E-state index in [0.29, 0.717) is 5.91 Å². The van der Waals surface area contributed by atoms with Crippen LogP contribution in [0, 0.1) is 5.92 Å². The monoisotopic (exact) mass is 424 g/mol. The lowest BCUT2D eigenvalue weighted by molar-refractivity contribution is -0.159. The molecule has 1 aromatic rings. The van der Waals surface area contributed by atoms with Crippen LogP contribution in [-0.4, -0.2) is 64.0 Å². The van der Waals surface area contributed by atoms with Crippen LogP contribution in [0.1, 0.15) is 44.1 Å². The molecule has 0 radical (unpaired) electrons. The van der Waals surface area contributed by atoms with Gasteiger partial charge in [0.15, 0.2) is 0 Å². The molecule has 1 unspecified atom stereocenters. The molecular formula is C21H29ClN2O5. The van der Waals surface area contributed by atoms with Gasteiger partial charge in [0, 0.05) is 31.2 Å². The molecule has 0 aromatic heterocycles. The summed E-state index contributed by atoms with van der Waals surface area (Å²) in [6.45, 7) is 4.79. The number of hydrogen-bond donors (Lipinski definition) is 2. The fourth-order valence-corrected chi connectivity index (χ4v) is 4.06. The molecule has 2 N–H and O–H groups in total. The van der Waals surface area contributed by atoms with Gasteiger partial charge in [-0.25, -0.2) is 9.59 Å². The fraction of sp³-hybridized carbons (Fsp3) is 0.571. The van der Waals surface area contributed by atoms with E-state index in [1.165, 1.54) is 31.2 Å². The van der Waals surface area contributed by atoms with Crippen molar-refractivity contribution in [2.75, 3.05) is 26.2 Å². The molecule has 7 nitrogen and oxygen atoms in total. The average Bonchev–Trinajstić information content (AvgIpc) is 2.97. The summed E-state index contributed by atoms with van der Waals surface area (Å²) in [6.07, 6.45) is 7.05. The lowest BCUT2D eigenvalue weighted by Gasteiger charge is -2.34. The first-order valence-electron chi connectivity index (χ1n) is 10.1. The van der Waals surface area contributed by atoms with Gasteiger partial charge < -0.3 is 15.1 Å². The van der Waals surface area contributed by atoms with Crippen LogP contribution < -0.4 is 0 Å². The summed E-state index contributed by atoms with van der Waals surface area (Å²) in [7, 11) is 0. The van der Waals surface area contributed by atoms with Crippen LogP contribution in [0.5, 0.6) is 0 Å². The Balaban J connectivity index is 0.000000438. The molecule has 0 aliphatic carbocycles. The predicted molar refractivity (Wildman–Crippen MR) is 110 cm³/mol. The third-order valence-corrected chi connectivity index (χ3v) is 5.49. The lowest BCUT2D eigenvalue weighted by atomic mass is 9.96. The van der Waals surface area contributed by atoms with E-state index in [-0.39, 0.29) is 5.92 Å². The van der Waals surface area contributed by atoms with Gasteiger partial charge in [0.1, 0.15) is 0 Å². The van der Waals surface area contributed by atoms with E-state index < -0.39 is 11.9 Å². The zero-order valence-electron chi connectivity index (χ0n) is 16.6. The first-order chi connectivity index (χ1) is 13.9. The third kappa shape index (κ3) is 8.03. The van der Waals surface area contributed by atoms with Gasteiger partial charge in [-0.15, -0.1) is 0 Å². The molecule has 1 aromatic carbocycles. The third-order valence-electron chi connectivity index (χ3n) is 5.25. The Morgan fingerprint density at radius 3 is 2.21 bits per heavy atom. The topological polar surface area (TPSA) is 98.2 Å². The SMILES string of the molecule is O=C(C1CCCN(Cc2cccc(Cl)c2)C1)N1CCCCCC1.O=C(O)C(=O)O. The van der Waals surface area contributed by atoms with Crippen LogP contribution in [0.4, 0.5) is 0 Å². The van der Waals surface area contributed by atoms with Crippen LogP contribution in [0.3, 0.4) is 0 Å². The Morgan fingerprint density at radius 2 is 1.62 bits per heavy atom. The van der Waals surface area contributed by atoms with E-state index >= 15 is 0 Å². The number of hydrogen-bond acceptors (Lipinski definition) is 4. The van der Waals surface area contributed by atoms with Crippen molar-refractivity contribution in [3.8, 4) is 0 Å². The first kappa shape index (κ1) is 23.2. The number of halogens is 1. The van der Waals surface area contributed by atoms with E-state index in [9.17, 15) is 4.79 Å². The molecule has 2 aliphatic heterocycles. The van der Waals surface area contributed by atoms with Gasteiger partial charge >= 0.3 is 11.9 Å². The minimum atomic E-state index is -1.82. The lowest BCUT2D eigenvalue weighted by Crippen LogP contribution is -2.44. The first-order valence-corrected chi connectivity index (χ1v) is 10.5. The normalized spacial score (nSPS) is 20.2. The van der Waals surface area contributed by atoms with Crippen molar-refractivity contribution in [3.63, 3.8) is 0 Å². The predicted octanol–water partition coefficient (Wildman–Crippen LogP) is 3.11. The Labute approximate surface area is 176 Å². The van der Waals surface area contributed by atoms with Crippen molar-refractivity contribution in [1.82, 2.24) is 9.80 Å². The smallest absolute Gasteiger partial charge is 0.414 e. The van der Waals surface area contributed by atoms with Crippen molar-refractivity contribution in [3.05, 3.63) is 34.9 Å². The molecule has 160 valence electrons. The van der Waals surface area contributed by atoms with Gasteiger partial charge in [-0.3, -0.25) is 9.69 Å². The van der Waals surface area contributed by atoms with Crippen molar-refractivity contribution in [1.29, 1.82) is 0 Å². The minimum Gasteiger partial charge on any atom is -0.473 e. The summed E-state index contributed by atoms with van der Waals surface area (Å²) in [5.41, 5.74) is 1.24. The average molecular weight is 425 g/mol. The van der Waals surface area contributed by atoms with Crippen LogP contribution in [0.25, 0.3) is 0 Å². The molecule has 1 amide bonds. The Hall–Kier alpha value is -2.12. The van der Waals surface area contributed by atoms with Gasteiger partial charge in [0.25, 0.3) is 0 Å². The fourth-order valence-electron chi connectivity index (χ4n) is 3.84. The molecule has 0 spiro atoms. The highest BCUT2D eigenvalue weighted by Gasteiger charge is 2.29.